The molecule has 3 nitrogen and oxygen atoms in total. The molecule has 2 aromatic carbocycles. The van der Waals surface area contributed by atoms with Gasteiger partial charge in [-0.3, -0.25) is 0 Å². The van der Waals surface area contributed by atoms with E-state index in [-0.39, 0.29) is 5.75 Å². The number of hydrogen-bond donors (Lipinski definition) is 2. The highest BCUT2D eigenvalue weighted by atomic mass is 35.5. The molecule has 0 aliphatic carbocycles. The van der Waals surface area contributed by atoms with Crippen LogP contribution in [-0.2, 0) is 24.4 Å². The molecule has 0 aliphatic heterocycles. The van der Waals surface area contributed by atoms with Crippen molar-refractivity contribution in [3.63, 3.8) is 0 Å². The highest BCUT2D eigenvalue weighted by Gasteiger charge is 2.06. The molecule has 0 atom stereocenters. The van der Waals surface area contributed by atoms with Crippen LogP contribution in [0.25, 0.3) is 0 Å². The fourth-order valence-electron chi connectivity index (χ4n) is 2.07. The van der Waals surface area contributed by atoms with E-state index in [0.717, 1.165) is 11.1 Å². The number of hydrogen-bond acceptors (Lipinski definition) is 3. The van der Waals surface area contributed by atoms with Crippen LogP contribution in [0.2, 0.25) is 5.02 Å². The second-order valence-corrected chi connectivity index (χ2v) is 4.95. The first-order valence-electron chi connectivity index (χ1n) is 6.45. The summed E-state index contributed by atoms with van der Waals surface area (Å²) < 4.78 is 5.18. The predicted molar refractivity (Wildman–Crippen MR) is 80.8 cm³/mol. The molecular formula is C16H18ClNO2. The van der Waals surface area contributed by atoms with Crippen LogP contribution in [0.3, 0.4) is 0 Å². The van der Waals surface area contributed by atoms with E-state index in [9.17, 15) is 5.11 Å². The Morgan fingerprint density at radius 1 is 1.05 bits per heavy atom. The number of aromatic hydroxyl groups is 1. The first-order valence-corrected chi connectivity index (χ1v) is 6.83. The molecule has 0 saturated heterocycles. The van der Waals surface area contributed by atoms with Crippen molar-refractivity contribution < 1.29 is 9.84 Å². The summed E-state index contributed by atoms with van der Waals surface area (Å²) in [6.07, 6.45) is 0. The van der Waals surface area contributed by atoms with Crippen molar-refractivity contribution in [3.8, 4) is 5.75 Å². The lowest BCUT2D eigenvalue weighted by molar-refractivity contribution is 0.184. The van der Waals surface area contributed by atoms with Gasteiger partial charge in [-0.25, -0.2) is 0 Å². The Morgan fingerprint density at radius 2 is 1.80 bits per heavy atom. The molecule has 0 amide bonds. The van der Waals surface area contributed by atoms with Crippen LogP contribution < -0.4 is 5.32 Å². The SMILES string of the molecule is COCc1ccccc1CNCc1c(O)cccc1Cl. The van der Waals surface area contributed by atoms with Gasteiger partial charge < -0.3 is 15.2 Å². The number of nitrogens with one attached hydrogen (secondary N) is 1. The van der Waals surface area contributed by atoms with E-state index in [2.05, 4.69) is 11.4 Å². The summed E-state index contributed by atoms with van der Waals surface area (Å²) in [6, 6.07) is 13.3. The Morgan fingerprint density at radius 3 is 2.50 bits per heavy atom. The summed E-state index contributed by atoms with van der Waals surface area (Å²) >= 11 is 6.07. The van der Waals surface area contributed by atoms with Gasteiger partial charge in [-0.1, -0.05) is 41.9 Å². The molecule has 2 aromatic rings. The third-order valence-corrected chi connectivity index (χ3v) is 3.48. The van der Waals surface area contributed by atoms with Crippen molar-refractivity contribution in [2.45, 2.75) is 19.7 Å². The summed E-state index contributed by atoms with van der Waals surface area (Å²) in [7, 11) is 1.69. The fourth-order valence-corrected chi connectivity index (χ4v) is 2.31. The van der Waals surface area contributed by atoms with Crippen LogP contribution in [-0.4, -0.2) is 12.2 Å². The van der Waals surface area contributed by atoms with Gasteiger partial charge in [0.15, 0.2) is 0 Å². The minimum atomic E-state index is 0.218. The molecule has 4 heteroatoms. The summed E-state index contributed by atoms with van der Waals surface area (Å²) in [5, 5.41) is 13.7. The molecule has 2 N–H and O–H groups in total. The van der Waals surface area contributed by atoms with Gasteiger partial charge in [0.25, 0.3) is 0 Å². The van der Waals surface area contributed by atoms with Crippen LogP contribution in [0.5, 0.6) is 5.75 Å². The molecule has 0 spiro atoms. The third-order valence-electron chi connectivity index (χ3n) is 3.13. The number of rotatable bonds is 6. The van der Waals surface area contributed by atoms with E-state index in [1.807, 2.05) is 18.2 Å². The van der Waals surface area contributed by atoms with Gasteiger partial charge in [0.05, 0.1) is 6.61 Å². The predicted octanol–water partition coefficient (Wildman–Crippen LogP) is 3.48. The minimum Gasteiger partial charge on any atom is -0.508 e. The van der Waals surface area contributed by atoms with Crippen molar-refractivity contribution in [1.29, 1.82) is 0 Å². The standard InChI is InChI=1S/C16H18ClNO2/c1-20-11-13-6-3-2-5-12(13)9-18-10-14-15(17)7-4-8-16(14)19/h2-8,18-19H,9-11H2,1H3. The zero-order chi connectivity index (χ0) is 14.4. The highest BCUT2D eigenvalue weighted by Crippen LogP contribution is 2.24. The average Bonchev–Trinajstić information content (AvgIpc) is 2.44. The molecule has 0 aromatic heterocycles. The summed E-state index contributed by atoms with van der Waals surface area (Å²) in [5.74, 6) is 0.218. The molecule has 0 saturated carbocycles. The van der Waals surface area contributed by atoms with E-state index in [4.69, 9.17) is 16.3 Å². The first-order chi connectivity index (χ1) is 9.72. The molecule has 0 bridgehead atoms. The molecule has 2 rings (SSSR count). The van der Waals surface area contributed by atoms with Gasteiger partial charge in [-0.05, 0) is 23.3 Å². The van der Waals surface area contributed by atoms with Crippen molar-refractivity contribution in [3.05, 3.63) is 64.2 Å². The van der Waals surface area contributed by atoms with Crippen molar-refractivity contribution >= 4 is 11.6 Å². The van der Waals surface area contributed by atoms with E-state index >= 15 is 0 Å². The maximum Gasteiger partial charge on any atom is 0.121 e. The lowest BCUT2D eigenvalue weighted by Gasteiger charge is -2.11. The van der Waals surface area contributed by atoms with Crippen LogP contribution in [0.4, 0.5) is 0 Å². The molecule has 20 heavy (non-hydrogen) atoms. The van der Waals surface area contributed by atoms with E-state index in [1.165, 1.54) is 5.56 Å². The van der Waals surface area contributed by atoms with Gasteiger partial charge in [0, 0.05) is 30.8 Å². The minimum absolute atomic E-state index is 0.218. The largest absolute Gasteiger partial charge is 0.508 e. The quantitative estimate of drug-likeness (QED) is 0.856. The van der Waals surface area contributed by atoms with Gasteiger partial charge in [0.2, 0.25) is 0 Å². The topological polar surface area (TPSA) is 41.5 Å². The normalized spacial score (nSPS) is 10.7. The first kappa shape index (κ1) is 14.9. The van der Waals surface area contributed by atoms with Crippen LogP contribution in [0, 0.1) is 0 Å². The van der Waals surface area contributed by atoms with Crippen molar-refractivity contribution in [1.82, 2.24) is 5.32 Å². The van der Waals surface area contributed by atoms with Gasteiger partial charge in [0.1, 0.15) is 5.75 Å². The van der Waals surface area contributed by atoms with E-state index in [1.54, 1.807) is 25.3 Å². The number of phenols is 1. The second kappa shape index (κ2) is 7.29. The van der Waals surface area contributed by atoms with Gasteiger partial charge in [-0.15, -0.1) is 0 Å². The van der Waals surface area contributed by atoms with Crippen molar-refractivity contribution in [2.24, 2.45) is 0 Å². The molecular weight excluding hydrogens is 274 g/mol. The van der Waals surface area contributed by atoms with Gasteiger partial charge >= 0.3 is 0 Å². The second-order valence-electron chi connectivity index (χ2n) is 4.54. The Balaban J connectivity index is 2.00. The maximum atomic E-state index is 9.78. The Labute approximate surface area is 124 Å². The number of ether oxygens (including phenoxy) is 1. The zero-order valence-corrected chi connectivity index (χ0v) is 12.2. The molecule has 0 aliphatic rings. The Bertz CT molecular complexity index is 552. The number of halogens is 1. The lowest BCUT2D eigenvalue weighted by atomic mass is 10.1. The number of methoxy groups -OCH3 is 1. The smallest absolute Gasteiger partial charge is 0.121 e. The monoisotopic (exact) mass is 291 g/mol. The molecule has 0 fully saturated rings. The van der Waals surface area contributed by atoms with Crippen LogP contribution >= 0.6 is 11.6 Å². The highest BCUT2D eigenvalue weighted by molar-refractivity contribution is 6.31. The lowest BCUT2D eigenvalue weighted by Crippen LogP contribution is -2.14. The van der Waals surface area contributed by atoms with Gasteiger partial charge in [-0.2, -0.15) is 0 Å². The average molecular weight is 292 g/mol. The maximum absolute atomic E-state index is 9.78. The van der Waals surface area contributed by atoms with E-state index < -0.39 is 0 Å². The number of benzene rings is 2. The van der Waals surface area contributed by atoms with Crippen molar-refractivity contribution in [2.75, 3.05) is 7.11 Å². The van der Waals surface area contributed by atoms with Crippen LogP contribution in [0.1, 0.15) is 16.7 Å². The zero-order valence-electron chi connectivity index (χ0n) is 11.4. The summed E-state index contributed by atoms with van der Waals surface area (Å²) in [5.41, 5.74) is 3.06. The molecule has 0 radical (unpaired) electrons. The van der Waals surface area contributed by atoms with E-state index in [0.29, 0.717) is 24.7 Å². The summed E-state index contributed by atoms with van der Waals surface area (Å²) in [4.78, 5) is 0. The molecule has 0 heterocycles. The fraction of sp³-hybridized carbons (Fsp3) is 0.250. The Hall–Kier alpha value is -1.55. The van der Waals surface area contributed by atoms with Crippen LogP contribution in [0.15, 0.2) is 42.5 Å². The third kappa shape index (κ3) is 3.73. The Kier molecular flexibility index (Phi) is 5.41. The number of phenolic OH excluding ortho intramolecular Hbond substituents is 1. The molecule has 106 valence electrons. The molecule has 0 unspecified atom stereocenters. The summed E-state index contributed by atoms with van der Waals surface area (Å²) in [6.45, 7) is 1.81.